The summed E-state index contributed by atoms with van der Waals surface area (Å²) in [7, 11) is 1.54. The van der Waals surface area contributed by atoms with Crippen LogP contribution in [0, 0.1) is 0 Å². The largest absolute Gasteiger partial charge is 0.495 e. The van der Waals surface area contributed by atoms with E-state index in [1.807, 2.05) is 18.2 Å². The highest BCUT2D eigenvalue weighted by molar-refractivity contribution is 14.0. The number of ether oxygens (including phenoxy) is 1. The lowest BCUT2D eigenvalue weighted by atomic mass is 10.3. The van der Waals surface area contributed by atoms with E-state index >= 15 is 0 Å². The van der Waals surface area contributed by atoms with Crippen molar-refractivity contribution in [1.82, 2.24) is 0 Å². The molecule has 0 bridgehead atoms. The van der Waals surface area contributed by atoms with Gasteiger partial charge in [-0.2, -0.15) is 0 Å². The number of para-hydroxylation sites is 1. The fourth-order valence-electron chi connectivity index (χ4n) is 1.81. The summed E-state index contributed by atoms with van der Waals surface area (Å²) < 4.78 is 5.07. The van der Waals surface area contributed by atoms with Crippen molar-refractivity contribution in [3.8, 4) is 5.75 Å². The summed E-state index contributed by atoms with van der Waals surface area (Å²) in [6.07, 6.45) is 0. The summed E-state index contributed by atoms with van der Waals surface area (Å²) in [5.41, 5.74) is 7.12. The van der Waals surface area contributed by atoms with E-state index in [9.17, 15) is 4.79 Å². The summed E-state index contributed by atoms with van der Waals surface area (Å²) in [4.78, 5) is 15.8. The molecule has 24 heavy (non-hydrogen) atoms. The molecule has 1 amide bonds. The van der Waals surface area contributed by atoms with Crippen molar-refractivity contribution in [1.29, 1.82) is 0 Å². The molecule has 0 saturated carbocycles. The molecule has 2 rings (SSSR count). The number of anilines is 2. The Bertz CT molecular complexity index is 710. The van der Waals surface area contributed by atoms with Gasteiger partial charge in [0.1, 0.15) is 12.3 Å². The highest BCUT2D eigenvalue weighted by Gasteiger charge is 2.04. The van der Waals surface area contributed by atoms with E-state index in [4.69, 9.17) is 22.1 Å². The molecule has 2 aromatic rings. The highest BCUT2D eigenvalue weighted by atomic mass is 127. The second kappa shape index (κ2) is 9.99. The Labute approximate surface area is 162 Å². The Hall–Kier alpha value is -2.00. The van der Waals surface area contributed by atoms with Crippen molar-refractivity contribution in [2.24, 2.45) is 10.7 Å². The number of carbonyl (C=O) groups excluding carboxylic acids is 1. The topological polar surface area (TPSA) is 88.7 Å². The van der Waals surface area contributed by atoms with E-state index < -0.39 is 0 Å². The average molecular weight is 461 g/mol. The van der Waals surface area contributed by atoms with Gasteiger partial charge in [0.05, 0.1) is 12.1 Å². The van der Waals surface area contributed by atoms with E-state index in [-0.39, 0.29) is 42.4 Å². The third kappa shape index (κ3) is 6.25. The minimum atomic E-state index is -0.256. The van der Waals surface area contributed by atoms with Crippen molar-refractivity contribution < 1.29 is 9.53 Å². The van der Waals surface area contributed by atoms with Gasteiger partial charge in [-0.1, -0.05) is 29.8 Å². The van der Waals surface area contributed by atoms with Gasteiger partial charge < -0.3 is 21.1 Å². The summed E-state index contributed by atoms with van der Waals surface area (Å²) in [6, 6.07) is 14.2. The second-order valence-electron chi connectivity index (χ2n) is 4.59. The van der Waals surface area contributed by atoms with Crippen LogP contribution in [0.1, 0.15) is 0 Å². The first-order valence-corrected chi connectivity index (χ1v) is 7.21. The summed E-state index contributed by atoms with van der Waals surface area (Å²) in [5.74, 6) is 0.429. The lowest BCUT2D eigenvalue weighted by molar-refractivity contribution is -0.114. The van der Waals surface area contributed by atoms with E-state index in [0.717, 1.165) is 0 Å². The molecule has 0 aromatic heterocycles. The Balaban J connectivity index is 0.00000288. The monoisotopic (exact) mass is 460 g/mol. The quantitative estimate of drug-likeness (QED) is 0.363. The zero-order valence-corrected chi connectivity index (χ0v) is 16.0. The number of guanidine groups is 1. The Morgan fingerprint density at radius 2 is 1.88 bits per heavy atom. The normalized spacial score (nSPS) is 10.5. The zero-order chi connectivity index (χ0) is 16.7. The van der Waals surface area contributed by atoms with Crippen LogP contribution in [-0.4, -0.2) is 25.5 Å². The van der Waals surface area contributed by atoms with Gasteiger partial charge in [-0.15, -0.1) is 24.0 Å². The zero-order valence-electron chi connectivity index (χ0n) is 13.0. The molecule has 128 valence electrons. The first-order chi connectivity index (χ1) is 11.1. The minimum absolute atomic E-state index is 0. The maximum Gasteiger partial charge on any atom is 0.246 e. The Morgan fingerprint density at radius 1 is 1.17 bits per heavy atom. The summed E-state index contributed by atoms with van der Waals surface area (Å²) in [5, 5.41) is 6.03. The number of methoxy groups -OCH3 is 1. The Morgan fingerprint density at radius 3 is 2.50 bits per heavy atom. The number of carbonyl (C=O) groups is 1. The first-order valence-electron chi connectivity index (χ1n) is 6.84. The molecular weight excluding hydrogens is 443 g/mol. The minimum Gasteiger partial charge on any atom is -0.495 e. The second-order valence-corrected chi connectivity index (χ2v) is 5.00. The number of hydrogen-bond acceptors (Lipinski definition) is 3. The van der Waals surface area contributed by atoms with E-state index in [1.54, 1.807) is 30.3 Å². The third-order valence-electron chi connectivity index (χ3n) is 2.87. The fourth-order valence-corrected chi connectivity index (χ4v) is 2.07. The SMILES string of the molecule is COc1ccc(NC(N)=NCC(=O)Nc2ccccc2)cc1Cl.I. The summed E-state index contributed by atoms with van der Waals surface area (Å²) >= 11 is 6.02. The average Bonchev–Trinajstić information content (AvgIpc) is 2.54. The van der Waals surface area contributed by atoms with Gasteiger partial charge in [-0.25, -0.2) is 4.99 Å². The van der Waals surface area contributed by atoms with Gasteiger partial charge in [-0.3, -0.25) is 4.79 Å². The molecule has 4 N–H and O–H groups in total. The van der Waals surface area contributed by atoms with Crippen LogP contribution in [0.15, 0.2) is 53.5 Å². The van der Waals surface area contributed by atoms with Gasteiger partial charge in [0.2, 0.25) is 5.91 Å². The van der Waals surface area contributed by atoms with Crippen molar-refractivity contribution >= 4 is 58.8 Å². The Kier molecular flexibility index (Phi) is 8.34. The number of aliphatic imine (C=N–C) groups is 1. The van der Waals surface area contributed by atoms with Crippen LogP contribution in [0.2, 0.25) is 5.02 Å². The molecule has 0 aliphatic carbocycles. The molecule has 0 aliphatic rings. The fraction of sp³-hybridized carbons (Fsp3) is 0.125. The van der Waals surface area contributed by atoms with Gasteiger partial charge in [0.15, 0.2) is 5.96 Å². The molecule has 0 aliphatic heterocycles. The standard InChI is InChI=1S/C16H17ClN4O2.HI/c1-23-14-8-7-12(9-13(14)17)21-16(18)19-10-15(22)20-11-5-3-2-4-6-11;/h2-9H,10H2,1H3,(H,20,22)(H3,18,19,21);1H. The third-order valence-corrected chi connectivity index (χ3v) is 3.17. The molecule has 0 saturated heterocycles. The van der Waals surface area contributed by atoms with Crippen molar-refractivity contribution in [2.75, 3.05) is 24.3 Å². The van der Waals surface area contributed by atoms with Gasteiger partial charge in [0, 0.05) is 11.4 Å². The number of halogens is 2. The maximum atomic E-state index is 11.8. The maximum absolute atomic E-state index is 11.8. The number of nitrogens with two attached hydrogens (primary N) is 1. The van der Waals surface area contributed by atoms with Crippen LogP contribution in [0.3, 0.4) is 0 Å². The summed E-state index contributed by atoms with van der Waals surface area (Å²) in [6.45, 7) is -0.0857. The predicted octanol–water partition coefficient (Wildman–Crippen LogP) is 3.33. The first kappa shape index (κ1) is 20.0. The van der Waals surface area contributed by atoms with Crippen LogP contribution in [0.4, 0.5) is 11.4 Å². The van der Waals surface area contributed by atoms with Crippen LogP contribution in [-0.2, 0) is 4.79 Å². The molecule has 0 atom stereocenters. The number of nitrogens with zero attached hydrogens (tertiary/aromatic N) is 1. The molecule has 6 nitrogen and oxygen atoms in total. The van der Waals surface area contributed by atoms with Crippen LogP contribution >= 0.6 is 35.6 Å². The predicted molar refractivity (Wildman–Crippen MR) is 109 cm³/mol. The molecule has 0 unspecified atom stereocenters. The van der Waals surface area contributed by atoms with Crippen LogP contribution < -0.4 is 21.1 Å². The van der Waals surface area contributed by atoms with Crippen LogP contribution in [0.5, 0.6) is 5.75 Å². The van der Waals surface area contributed by atoms with Crippen molar-refractivity contribution in [2.45, 2.75) is 0 Å². The smallest absolute Gasteiger partial charge is 0.246 e. The molecule has 0 fully saturated rings. The number of benzene rings is 2. The van der Waals surface area contributed by atoms with Gasteiger partial charge in [0.25, 0.3) is 0 Å². The van der Waals surface area contributed by atoms with E-state index in [2.05, 4.69) is 15.6 Å². The van der Waals surface area contributed by atoms with Gasteiger partial charge in [-0.05, 0) is 30.3 Å². The van der Waals surface area contributed by atoms with E-state index in [1.165, 1.54) is 7.11 Å². The van der Waals surface area contributed by atoms with Gasteiger partial charge >= 0.3 is 0 Å². The lowest BCUT2D eigenvalue weighted by Gasteiger charge is -2.08. The van der Waals surface area contributed by atoms with E-state index in [0.29, 0.717) is 22.1 Å². The molecule has 0 heterocycles. The molecule has 8 heteroatoms. The number of hydrogen-bond donors (Lipinski definition) is 3. The lowest BCUT2D eigenvalue weighted by Crippen LogP contribution is -2.25. The number of rotatable bonds is 5. The number of nitrogens with one attached hydrogen (secondary N) is 2. The molecular formula is C16H18ClIN4O2. The molecule has 0 spiro atoms. The molecule has 2 aromatic carbocycles. The highest BCUT2D eigenvalue weighted by Crippen LogP contribution is 2.26. The van der Waals surface area contributed by atoms with Crippen LogP contribution in [0.25, 0.3) is 0 Å². The molecule has 0 radical (unpaired) electrons. The van der Waals surface area contributed by atoms with Crippen molar-refractivity contribution in [3.63, 3.8) is 0 Å². The van der Waals surface area contributed by atoms with Crippen molar-refractivity contribution in [3.05, 3.63) is 53.6 Å². The number of amides is 1.